The predicted molar refractivity (Wildman–Crippen MR) is 96.6 cm³/mol. The monoisotopic (exact) mass is 377 g/mol. The van der Waals surface area contributed by atoms with E-state index in [0.29, 0.717) is 5.75 Å². The number of halogens is 2. The Morgan fingerprint density at radius 3 is 2.48 bits per heavy atom. The molecule has 0 fully saturated rings. The highest BCUT2D eigenvalue weighted by atomic mass is 19.1. The topological polar surface area (TPSA) is 64.6 Å². The number of esters is 1. The van der Waals surface area contributed by atoms with Crippen molar-refractivity contribution < 1.29 is 27.8 Å². The molecular formula is C20H21F2NO4. The molecule has 0 aromatic heterocycles. The Kier molecular flexibility index (Phi) is 6.87. The van der Waals surface area contributed by atoms with Gasteiger partial charge < -0.3 is 14.8 Å². The molecule has 0 aliphatic heterocycles. The van der Waals surface area contributed by atoms with Gasteiger partial charge in [-0.15, -0.1) is 0 Å². The Bertz CT molecular complexity index is 823. The van der Waals surface area contributed by atoms with Gasteiger partial charge in [0, 0.05) is 6.07 Å². The van der Waals surface area contributed by atoms with Crippen LogP contribution in [0, 0.1) is 11.6 Å². The second-order valence-corrected chi connectivity index (χ2v) is 6.23. The molecule has 7 heteroatoms. The predicted octanol–water partition coefficient (Wildman–Crippen LogP) is 4.04. The summed E-state index contributed by atoms with van der Waals surface area (Å²) in [5.41, 5.74) is 0.614. The molecule has 1 N–H and O–H groups in total. The number of nitrogens with one attached hydrogen (secondary N) is 1. The maximum atomic E-state index is 13.6. The first kappa shape index (κ1) is 20.4. The van der Waals surface area contributed by atoms with E-state index in [1.807, 2.05) is 26.0 Å². The van der Waals surface area contributed by atoms with Gasteiger partial charge in [0.2, 0.25) is 0 Å². The van der Waals surface area contributed by atoms with Crippen LogP contribution in [0.5, 0.6) is 5.75 Å². The number of hydrogen-bond acceptors (Lipinski definition) is 4. The van der Waals surface area contributed by atoms with E-state index < -0.39 is 29.6 Å². The lowest BCUT2D eigenvalue weighted by Crippen LogP contribution is -2.32. The van der Waals surface area contributed by atoms with Gasteiger partial charge >= 0.3 is 5.97 Å². The van der Waals surface area contributed by atoms with Crippen molar-refractivity contribution in [1.82, 2.24) is 0 Å². The summed E-state index contributed by atoms with van der Waals surface area (Å²) in [5, 5.41) is 2.18. The summed E-state index contributed by atoms with van der Waals surface area (Å²) in [5.74, 6) is -2.26. The molecule has 1 amide bonds. The SMILES string of the molecule is CC(C)c1ccccc1OCC(=O)O[C@@H](C)C(=O)Nc1cc(F)ccc1F. The molecule has 0 saturated carbocycles. The van der Waals surface area contributed by atoms with E-state index in [-0.39, 0.29) is 18.2 Å². The third kappa shape index (κ3) is 5.77. The third-order valence-electron chi connectivity index (χ3n) is 3.75. The fourth-order valence-electron chi connectivity index (χ4n) is 2.34. The van der Waals surface area contributed by atoms with Gasteiger partial charge in [-0.1, -0.05) is 32.0 Å². The van der Waals surface area contributed by atoms with Crippen LogP contribution < -0.4 is 10.1 Å². The maximum Gasteiger partial charge on any atom is 0.344 e. The molecule has 0 radical (unpaired) electrons. The minimum atomic E-state index is -1.20. The van der Waals surface area contributed by atoms with E-state index in [9.17, 15) is 18.4 Å². The van der Waals surface area contributed by atoms with E-state index in [1.54, 1.807) is 12.1 Å². The molecule has 0 aliphatic rings. The van der Waals surface area contributed by atoms with Crippen LogP contribution >= 0.6 is 0 Å². The van der Waals surface area contributed by atoms with Crippen molar-refractivity contribution in [3.8, 4) is 5.75 Å². The number of para-hydroxylation sites is 1. The fraction of sp³-hybridized carbons (Fsp3) is 0.300. The zero-order valence-corrected chi connectivity index (χ0v) is 15.3. The highest BCUT2D eigenvalue weighted by molar-refractivity contribution is 5.95. The van der Waals surface area contributed by atoms with Crippen molar-refractivity contribution in [1.29, 1.82) is 0 Å². The molecule has 0 aliphatic carbocycles. The summed E-state index contributed by atoms with van der Waals surface area (Å²) < 4.78 is 37.2. The first-order valence-corrected chi connectivity index (χ1v) is 8.45. The van der Waals surface area contributed by atoms with Crippen LogP contribution in [0.3, 0.4) is 0 Å². The van der Waals surface area contributed by atoms with Crippen LogP contribution in [-0.4, -0.2) is 24.6 Å². The van der Waals surface area contributed by atoms with E-state index in [0.717, 1.165) is 23.8 Å². The molecule has 2 aromatic carbocycles. The summed E-state index contributed by atoms with van der Waals surface area (Å²) in [6.07, 6.45) is -1.20. The molecule has 144 valence electrons. The zero-order chi connectivity index (χ0) is 20.0. The lowest BCUT2D eigenvalue weighted by molar-refractivity contribution is -0.155. The summed E-state index contributed by atoms with van der Waals surface area (Å²) in [7, 11) is 0. The van der Waals surface area contributed by atoms with Crippen molar-refractivity contribution in [2.45, 2.75) is 32.8 Å². The minimum absolute atomic E-state index is 0.211. The number of ether oxygens (including phenoxy) is 2. The molecule has 1 atom stereocenters. The van der Waals surface area contributed by atoms with Gasteiger partial charge in [0.25, 0.3) is 5.91 Å². The molecule has 2 rings (SSSR count). The smallest absolute Gasteiger partial charge is 0.344 e. The standard InChI is InChI=1S/C20H21F2NO4/c1-12(2)15-6-4-5-7-18(15)26-11-19(24)27-13(3)20(25)23-17-10-14(21)8-9-16(17)22/h4-10,12-13H,11H2,1-3H3,(H,23,25)/t13-/m0/s1. The summed E-state index contributed by atoms with van der Waals surface area (Å²) >= 11 is 0. The number of rotatable bonds is 7. The number of benzene rings is 2. The van der Waals surface area contributed by atoms with Crippen molar-refractivity contribution in [2.24, 2.45) is 0 Å². The van der Waals surface area contributed by atoms with Crippen molar-refractivity contribution >= 4 is 17.6 Å². The molecular weight excluding hydrogens is 356 g/mol. The van der Waals surface area contributed by atoms with Crippen molar-refractivity contribution in [2.75, 3.05) is 11.9 Å². The summed E-state index contributed by atoms with van der Waals surface area (Å²) in [4.78, 5) is 23.9. The normalized spacial score (nSPS) is 11.8. The van der Waals surface area contributed by atoms with E-state index in [2.05, 4.69) is 5.32 Å². The Morgan fingerprint density at radius 1 is 1.07 bits per heavy atom. The highest BCUT2D eigenvalue weighted by Gasteiger charge is 2.20. The molecule has 27 heavy (non-hydrogen) atoms. The molecule has 0 unspecified atom stereocenters. The van der Waals surface area contributed by atoms with Gasteiger partial charge in [-0.25, -0.2) is 13.6 Å². The second kappa shape index (κ2) is 9.12. The van der Waals surface area contributed by atoms with Gasteiger partial charge in [0.15, 0.2) is 12.7 Å². The molecule has 2 aromatic rings. The quantitative estimate of drug-likeness (QED) is 0.740. The van der Waals surface area contributed by atoms with Crippen LogP contribution in [0.4, 0.5) is 14.5 Å². The van der Waals surface area contributed by atoms with Crippen LogP contribution in [0.1, 0.15) is 32.3 Å². The zero-order valence-electron chi connectivity index (χ0n) is 15.3. The van der Waals surface area contributed by atoms with Crippen LogP contribution in [-0.2, 0) is 14.3 Å². The van der Waals surface area contributed by atoms with Gasteiger partial charge in [0.05, 0.1) is 5.69 Å². The van der Waals surface area contributed by atoms with Crippen LogP contribution in [0.25, 0.3) is 0 Å². The fourth-order valence-corrected chi connectivity index (χ4v) is 2.34. The van der Waals surface area contributed by atoms with Crippen LogP contribution in [0.2, 0.25) is 0 Å². The lowest BCUT2D eigenvalue weighted by Gasteiger charge is -2.16. The van der Waals surface area contributed by atoms with Gasteiger partial charge in [-0.05, 0) is 36.6 Å². The third-order valence-corrected chi connectivity index (χ3v) is 3.75. The van der Waals surface area contributed by atoms with Crippen LogP contribution in [0.15, 0.2) is 42.5 Å². The van der Waals surface area contributed by atoms with E-state index in [1.165, 1.54) is 6.92 Å². The van der Waals surface area contributed by atoms with Gasteiger partial charge in [-0.3, -0.25) is 4.79 Å². The Morgan fingerprint density at radius 2 is 1.78 bits per heavy atom. The second-order valence-electron chi connectivity index (χ2n) is 6.23. The van der Waals surface area contributed by atoms with E-state index in [4.69, 9.17) is 9.47 Å². The number of carbonyl (C=O) groups excluding carboxylic acids is 2. The molecule has 0 saturated heterocycles. The summed E-state index contributed by atoms with van der Waals surface area (Å²) in [6.45, 7) is 4.94. The Balaban J connectivity index is 1.90. The largest absolute Gasteiger partial charge is 0.482 e. The first-order valence-electron chi connectivity index (χ1n) is 8.45. The summed E-state index contributed by atoms with van der Waals surface area (Å²) in [6, 6.07) is 9.96. The molecule has 0 spiro atoms. The highest BCUT2D eigenvalue weighted by Crippen LogP contribution is 2.25. The maximum absolute atomic E-state index is 13.6. The molecule has 0 heterocycles. The number of hydrogen-bond donors (Lipinski definition) is 1. The molecule has 5 nitrogen and oxygen atoms in total. The average molecular weight is 377 g/mol. The number of anilines is 1. The minimum Gasteiger partial charge on any atom is -0.482 e. The Labute approximate surface area is 156 Å². The Hall–Kier alpha value is -2.96. The van der Waals surface area contributed by atoms with Gasteiger partial charge in [0.1, 0.15) is 17.4 Å². The first-order chi connectivity index (χ1) is 12.8. The van der Waals surface area contributed by atoms with Crippen molar-refractivity contribution in [3.63, 3.8) is 0 Å². The number of carbonyl (C=O) groups is 2. The molecule has 0 bridgehead atoms. The number of amides is 1. The van der Waals surface area contributed by atoms with Crippen molar-refractivity contribution in [3.05, 3.63) is 59.7 Å². The van der Waals surface area contributed by atoms with E-state index >= 15 is 0 Å². The lowest BCUT2D eigenvalue weighted by atomic mass is 10.0. The average Bonchev–Trinajstić information content (AvgIpc) is 2.63. The van der Waals surface area contributed by atoms with Gasteiger partial charge in [-0.2, -0.15) is 0 Å².